The molecule has 1 fully saturated rings. The van der Waals surface area contributed by atoms with Gasteiger partial charge in [-0.3, -0.25) is 19.3 Å². The van der Waals surface area contributed by atoms with E-state index < -0.39 is 17.1 Å². The highest BCUT2D eigenvalue weighted by Gasteiger charge is 2.37. The molecule has 0 radical (unpaired) electrons. The van der Waals surface area contributed by atoms with E-state index in [1.165, 1.54) is 11.3 Å². The molecule has 0 aliphatic carbocycles. The number of imide groups is 1. The van der Waals surface area contributed by atoms with Crippen molar-refractivity contribution < 1.29 is 14.4 Å². The topological polar surface area (TPSA) is 69.7 Å². The zero-order valence-corrected chi connectivity index (χ0v) is 21.4. The summed E-state index contributed by atoms with van der Waals surface area (Å²) in [4.78, 5) is 41.8. The maximum Gasteiger partial charge on any atom is 0.294 e. The predicted octanol–water partition coefficient (Wildman–Crippen LogP) is 5.70. The van der Waals surface area contributed by atoms with E-state index in [1.54, 1.807) is 12.1 Å². The lowest BCUT2D eigenvalue weighted by atomic mass is 9.79. The van der Waals surface area contributed by atoms with Gasteiger partial charge in [0, 0.05) is 24.0 Å². The van der Waals surface area contributed by atoms with Crippen molar-refractivity contribution in [3.63, 3.8) is 0 Å². The molecular weight excluding hydrogens is 446 g/mol. The Kier molecular flexibility index (Phi) is 6.34. The summed E-state index contributed by atoms with van der Waals surface area (Å²) in [6.45, 7) is 10.3. The van der Waals surface area contributed by atoms with Gasteiger partial charge in [0.15, 0.2) is 0 Å². The summed E-state index contributed by atoms with van der Waals surface area (Å²) in [5, 5.41) is 2.35. The van der Waals surface area contributed by atoms with Crippen molar-refractivity contribution in [1.82, 2.24) is 4.90 Å². The fourth-order valence-electron chi connectivity index (χ4n) is 4.71. The van der Waals surface area contributed by atoms with E-state index in [0.29, 0.717) is 16.5 Å². The molecule has 1 atom stereocenters. The van der Waals surface area contributed by atoms with E-state index in [-0.39, 0.29) is 12.1 Å². The third kappa shape index (κ3) is 4.49. The number of nitrogens with one attached hydrogen (secondary N) is 1. The Labute approximate surface area is 205 Å². The lowest BCUT2D eigenvalue weighted by Gasteiger charge is -2.45. The summed E-state index contributed by atoms with van der Waals surface area (Å²) in [6, 6.07) is 11.7. The molecule has 7 heteroatoms. The quantitative estimate of drug-likeness (QED) is 0.572. The van der Waals surface area contributed by atoms with E-state index in [2.05, 4.69) is 50.2 Å². The van der Waals surface area contributed by atoms with Crippen LogP contribution in [0, 0.1) is 13.8 Å². The molecule has 2 aromatic carbocycles. The number of carbonyl (C=O) groups excluding carboxylic acids is 3. The Morgan fingerprint density at radius 1 is 1.18 bits per heavy atom. The number of benzene rings is 2. The van der Waals surface area contributed by atoms with Gasteiger partial charge in [-0.15, -0.1) is 0 Å². The van der Waals surface area contributed by atoms with Gasteiger partial charge in [-0.25, -0.2) is 0 Å². The zero-order chi connectivity index (χ0) is 24.8. The smallest absolute Gasteiger partial charge is 0.294 e. The molecule has 2 heterocycles. The maximum atomic E-state index is 13.0. The molecule has 0 aromatic heterocycles. The second-order valence-corrected chi connectivity index (χ2v) is 10.9. The van der Waals surface area contributed by atoms with Crippen molar-refractivity contribution in [3.05, 3.63) is 63.6 Å². The van der Waals surface area contributed by atoms with Crippen LogP contribution in [0.1, 0.15) is 55.4 Å². The molecule has 2 aliphatic rings. The van der Waals surface area contributed by atoms with Crippen LogP contribution in [0.4, 0.5) is 16.2 Å². The first-order valence-electron chi connectivity index (χ1n) is 11.5. The number of carbonyl (C=O) groups is 3. The average molecular weight is 478 g/mol. The first kappa shape index (κ1) is 24.1. The number of thioether (sulfide) groups is 1. The number of anilines is 2. The first-order chi connectivity index (χ1) is 16.0. The van der Waals surface area contributed by atoms with Gasteiger partial charge < -0.3 is 10.2 Å². The van der Waals surface area contributed by atoms with Gasteiger partial charge in [0.25, 0.3) is 11.1 Å². The van der Waals surface area contributed by atoms with E-state index in [4.69, 9.17) is 0 Å². The fourth-order valence-corrected chi connectivity index (χ4v) is 5.54. The number of para-hydroxylation sites is 1. The minimum absolute atomic E-state index is 0.0713. The number of fused-ring (bicyclic) bond motifs is 1. The van der Waals surface area contributed by atoms with E-state index in [1.807, 2.05) is 32.0 Å². The highest BCUT2D eigenvalue weighted by molar-refractivity contribution is 8.18. The minimum atomic E-state index is -0.432. The Bertz CT molecular complexity index is 1220. The number of rotatable bonds is 4. The van der Waals surface area contributed by atoms with Crippen LogP contribution >= 0.6 is 11.8 Å². The lowest BCUT2D eigenvalue weighted by Crippen LogP contribution is -2.45. The maximum absolute atomic E-state index is 13.0. The van der Waals surface area contributed by atoms with Crippen molar-refractivity contribution >= 4 is 46.3 Å². The number of aryl methyl sites for hydroxylation is 2. The highest BCUT2D eigenvalue weighted by Crippen LogP contribution is 2.44. The van der Waals surface area contributed by atoms with Gasteiger partial charge >= 0.3 is 0 Å². The third-order valence-electron chi connectivity index (χ3n) is 6.90. The summed E-state index contributed by atoms with van der Waals surface area (Å²) in [5.41, 5.74) is 6.07. The molecule has 0 spiro atoms. The van der Waals surface area contributed by atoms with E-state index >= 15 is 0 Å². The molecule has 178 valence electrons. The van der Waals surface area contributed by atoms with Crippen LogP contribution in [-0.4, -0.2) is 41.1 Å². The summed E-state index contributed by atoms with van der Waals surface area (Å²) >= 11 is 0.883. The Balaban J connectivity index is 1.55. The molecule has 0 bridgehead atoms. The van der Waals surface area contributed by atoms with E-state index in [0.717, 1.165) is 39.8 Å². The highest BCUT2D eigenvalue weighted by atomic mass is 32.2. The molecule has 2 aliphatic heterocycles. The van der Waals surface area contributed by atoms with Crippen molar-refractivity contribution in [2.45, 2.75) is 52.5 Å². The molecule has 1 N–H and O–H groups in total. The summed E-state index contributed by atoms with van der Waals surface area (Å²) in [7, 11) is 2.12. The SMILES string of the molecule is Cc1cc2c(cc1/C=C1/SC(=O)N(CC(=O)Nc3ccccc3C)C1=O)C(C)CC(C)(C)N2C. The Morgan fingerprint density at radius 3 is 2.59 bits per heavy atom. The van der Waals surface area contributed by atoms with Crippen molar-refractivity contribution in [2.75, 3.05) is 23.8 Å². The van der Waals surface area contributed by atoms with Crippen molar-refractivity contribution in [1.29, 1.82) is 0 Å². The third-order valence-corrected chi connectivity index (χ3v) is 7.81. The standard InChI is InChI=1S/C27H31N3O3S/c1-16-9-7-8-10-21(16)28-24(31)15-30-25(32)23(34-26(30)33)13-19-12-20-18(3)14-27(4,5)29(6)22(20)11-17(19)2/h7-13,18H,14-15H2,1-6H3,(H,28,31)/b23-13+. The van der Waals surface area contributed by atoms with Gasteiger partial charge in [0.2, 0.25) is 5.91 Å². The van der Waals surface area contributed by atoms with Crippen LogP contribution in [0.3, 0.4) is 0 Å². The summed E-state index contributed by atoms with van der Waals surface area (Å²) in [6.07, 6.45) is 2.82. The van der Waals surface area contributed by atoms with Crippen LogP contribution in [0.5, 0.6) is 0 Å². The second-order valence-electron chi connectivity index (χ2n) is 9.88. The first-order valence-corrected chi connectivity index (χ1v) is 12.3. The largest absolute Gasteiger partial charge is 0.369 e. The van der Waals surface area contributed by atoms with Crippen LogP contribution < -0.4 is 10.2 Å². The Morgan fingerprint density at radius 2 is 1.88 bits per heavy atom. The van der Waals surface area contributed by atoms with Crippen LogP contribution in [0.25, 0.3) is 6.08 Å². The molecule has 34 heavy (non-hydrogen) atoms. The monoisotopic (exact) mass is 477 g/mol. The second kappa shape index (κ2) is 8.95. The molecule has 0 saturated carbocycles. The number of hydrogen-bond acceptors (Lipinski definition) is 5. The molecule has 2 aromatic rings. The fraction of sp³-hybridized carbons (Fsp3) is 0.370. The molecule has 6 nitrogen and oxygen atoms in total. The average Bonchev–Trinajstić information content (AvgIpc) is 3.02. The number of amides is 3. The van der Waals surface area contributed by atoms with Crippen molar-refractivity contribution in [3.8, 4) is 0 Å². The predicted molar refractivity (Wildman–Crippen MR) is 139 cm³/mol. The van der Waals surface area contributed by atoms with Gasteiger partial charge in [-0.05, 0) is 98.3 Å². The van der Waals surface area contributed by atoms with Crippen LogP contribution in [0.15, 0.2) is 41.3 Å². The van der Waals surface area contributed by atoms with Gasteiger partial charge in [-0.2, -0.15) is 0 Å². The van der Waals surface area contributed by atoms with Gasteiger partial charge in [0.05, 0.1) is 4.91 Å². The summed E-state index contributed by atoms with van der Waals surface area (Å²) in [5.74, 6) is -0.449. The van der Waals surface area contributed by atoms with Crippen molar-refractivity contribution in [2.24, 2.45) is 0 Å². The summed E-state index contributed by atoms with van der Waals surface area (Å²) < 4.78 is 0. The number of nitrogens with zero attached hydrogens (tertiary/aromatic N) is 2. The molecule has 3 amide bonds. The normalized spacial score (nSPS) is 20.6. The molecular formula is C27H31N3O3S. The van der Waals surface area contributed by atoms with Crippen LogP contribution in [0.2, 0.25) is 0 Å². The van der Waals surface area contributed by atoms with Gasteiger partial charge in [0.1, 0.15) is 6.54 Å². The molecule has 1 unspecified atom stereocenters. The molecule has 1 saturated heterocycles. The zero-order valence-electron chi connectivity index (χ0n) is 20.6. The molecule has 4 rings (SSSR count). The minimum Gasteiger partial charge on any atom is -0.369 e. The number of hydrogen-bond donors (Lipinski definition) is 1. The Hall–Kier alpha value is -3.06. The lowest BCUT2D eigenvalue weighted by molar-refractivity contribution is -0.127. The van der Waals surface area contributed by atoms with E-state index in [9.17, 15) is 14.4 Å². The van der Waals surface area contributed by atoms with Gasteiger partial charge in [-0.1, -0.05) is 25.1 Å². The van der Waals surface area contributed by atoms with Crippen LogP contribution in [-0.2, 0) is 9.59 Å².